The van der Waals surface area contributed by atoms with Crippen LogP contribution < -0.4 is 0 Å². The fraction of sp³-hybridized carbons (Fsp3) is 0.702. The zero-order valence-corrected chi connectivity index (χ0v) is 34.3. The first-order valence-electron chi connectivity index (χ1n) is 21.5. The van der Waals surface area contributed by atoms with Crippen LogP contribution in [0.25, 0.3) is 0 Å². The number of unbranched alkanes of at least 4 members (excludes halogenated alkanes) is 15. The molecule has 1 unspecified atom stereocenters. The Kier molecular flexibility index (Phi) is 38.4. The second kappa shape index (κ2) is 40.5. The molecule has 0 aliphatic heterocycles. The number of ether oxygens (including phenoxy) is 2. The molecule has 0 aromatic heterocycles. The maximum Gasteiger partial charge on any atom is 0.306 e. The molecule has 0 amide bonds. The lowest BCUT2D eigenvalue weighted by Crippen LogP contribution is -2.28. The van der Waals surface area contributed by atoms with Crippen molar-refractivity contribution >= 4 is 11.9 Å². The Bertz CT molecular complexity index is 1000. The second-order valence-electron chi connectivity index (χ2n) is 14.7. The van der Waals surface area contributed by atoms with Crippen LogP contribution in [0.15, 0.2) is 72.9 Å². The number of rotatable bonds is 37. The van der Waals surface area contributed by atoms with Crippen LogP contribution >= 0.6 is 0 Å². The molecule has 2 atom stereocenters. The maximum atomic E-state index is 12.2. The van der Waals surface area contributed by atoms with E-state index in [0.717, 1.165) is 50.9 Å². The van der Waals surface area contributed by atoms with Crippen molar-refractivity contribution in [3.63, 3.8) is 0 Å². The Morgan fingerprint density at radius 1 is 0.585 bits per heavy atom. The third kappa shape index (κ3) is 40.3. The summed E-state index contributed by atoms with van der Waals surface area (Å²) in [6.07, 6.45) is 50.2. The van der Waals surface area contributed by atoms with Gasteiger partial charge in [0.15, 0.2) is 6.10 Å². The van der Waals surface area contributed by atoms with E-state index in [1.54, 1.807) is 6.08 Å². The predicted octanol–water partition coefficient (Wildman–Crippen LogP) is 12.6. The predicted molar refractivity (Wildman–Crippen MR) is 225 cm³/mol. The Morgan fingerprint density at radius 3 is 1.62 bits per heavy atom. The average Bonchev–Trinajstić information content (AvgIpc) is 3.14. The molecule has 0 bridgehead atoms. The molecule has 0 saturated heterocycles. The van der Waals surface area contributed by atoms with Gasteiger partial charge < -0.3 is 19.7 Å². The summed E-state index contributed by atoms with van der Waals surface area (Å²) in [4.78, 5) is 24.3. The fourth-order valence-corrected chi connectivity index (χ4v) is 5.79. The number of carbonyl (C=O) groups excluding carboxylic acids is 2. The lowest BCUT2D eigenvalue weighted by Gasteiger charge is -2.15. The van der Waals surface area contributed by atoms with E-state index in [0.29, 0.717) is 19.3 Å². The minimum atomic E-state index is -0.814. The van der Waals surface area contributed by atoms with Crippen molar-refractivity contribution < 1.29 is 29.3 Å². The SMILES string of the molecule is CC/C=C\CC(O)/C=C/C=C/C/C=C\C/C=C\C/C=C\CCC(=O)OC[C@H](CO)OC(=O)CCCCCCCCCCCCCCCCCCC(C)C. The van der Waals surface area contributed by atoms with Crippen molar-refractivity contribution in [1.29, 1.82) is 0 Å². The van der Waals surface area contributed by atoms with Crippen molar-refractivity contribution in [2.45, 2.75) is 193 Å². The van der Waals surface area contributed by atoms with E-state index in [4.69, 9.17) is 9.47 Å². The molecule has 304 valence electrons. The number of hydrogen-bond donors (Lipinski definition) is 2. The summed E-state index contributed by atoms with van der Waals surface area (Å²) in [5, 5.41) is 19.4. The number of esters is 2. The van der Waals surface area contributed by atoms with Gasteiger partial charge in [0, 0.05) is 12.8 Å². The quantitative estimate of drug-likeness (QED) is 0.0285. The van der Waals surface area contributed by atoms with Gasteiger partial charge in [-0.2, -0.15) is 0 Å². The smallest absolute Gasteiger partial charge is 0.306 e. The summed E-state index contributed by atoms with van der Waals surface area (Å²) in [5.41, 5.74) is 0. The van der Waals surface area contributed by atoms with Gasteiger partial charge in [-0.15, -0.1) is 0 Å². The first-order chi connectivity index (χ1) is 25.9. The molecule has 0 spiro atoms. The Labute approximate surface area is 326 Å². The summed E-state index contributed by atoms with van der Waals surface area (Å²) in [7, 11) is 0. The summed E-state index contributed by atoms with van der Waals surface area (Å²) in [6.45, 7) is 6.23. The van der Waals surface area contributed by atoms with Crippen LogP contribution in [0.2, 0.25) is 0 Å². The van der Waals surface area contributed by atoms with Crippen LogP contribution in [0.5, 0.6) is 0 Å². The molecule has 6 heteroatoms. The summed E-state index contributed by atoms with van der Waals surface area (Å²) < 4.78 is 10.6. The lowest BCUT2D eigenvalue weighted by molar-refractivity contribution is -0.161. The number of hydrogen-bond acceptors (Lipinski definition) is 6. The number of aliphatic hydroxyl groups excluding tert-OH is 2. The molecule has 0 aromatic rings. The van der Waals surface area contributed by atoms with Crippen LogP contribution in [0.4, 0.5) is 0 Å². The number of carbonyl (C=O) groups is 2. The Morgan fingerprint density at radius 2 is 1.09 bits per heavy atom. The molecule has 0 heterocycles. The molecule has 0 rings (SSSR count). The van der Waals surface area contributed by atoms with Crippen LogP contribution in [0.3, 0.4) is 0 Å². The molecule has 53 heavy (non-hydrogen) atoms. The van der Waals surface area contributed by atoms with Gasteiger partial charge >= 0.3 is 11.9 Å². The monoisotopic (exact) mass is 741 g/mol. The van der Waals surface area contributed by atoms with Gasteiger partial charge in [-0.25, -0.2) is 0 Å². The summed E-state index contributed by atoms with van der Waals surface area (Å²) >= 11 is 0. The molecule has 0 aliphatic carbocycles. The fourth-order valence-electron chi connectivity index (χ4n) is 5.79. The zero-order chi connectivity index (χ0) is 38.9. The normalized spacial score (nSPS) is 13.6. The second-order valence-corrected chi connectivity index (χ2v) is 14.7. The number of aliphatic hydroxyl groups is 2. The maximum absolute atomic E-state index is 12.2. The summed E-state index contributed by atoms with van der Waals surface area (Å²) in [6, 6.07) is 0. The molecule has 0 radical (unpaired) electrons. The van der Waals surface area contributed by atoms with Crippen molar-refractivity contribution in [1.82, 2.24) is 0 Å². The highest BCUT2D eigenvalue weighted by Gasteiger charge is 2.16. The van der Waals surface area contributed by atoms with Crippen LogP contribution in [0.1, 0.15) is 181 Å². The highest BCUT2D eigenvalue weighted by Crippen LogP contribution is 2.15. The van der Waals surface area contributed by atoms with E-state index in [-0.39, 0.29) is 31.6 Å². The van der Waals surface area contributed by atoms with Gasteiger partial charge in [-0.05, 0) is 50.9 Å². The topological polar surface area (TPSA) is 93.1 Å². The van der Waals surface area contributed by atoms with Crippen LogP contribution in [0, 0.1) is 5.92 Å². The first kappa shape index (κ1) is 50.3. The van der Waals surface area contributed by atoms with E-state index in [1.807, 2.05) is 30.4 Å². The van der Waals surface area contributed by atoms with Crippen molar-refractivity contribution in [2.75, 3.05) is 13.2 Å². The standard InChI is InChI=1S/C47H80O6/c1-4-5-31-37-44(49)38-33-28-24-20-16-12-10-14-17-21-25-29-34-39-46(50)52-42-45(41-48)53-47(51)40-35-30-26-22-18-13-9-7-6-8-11-15-19-23-27-32-36-43(2)3/h5,12,14,16-17,24-25,28-29,31,33,38,43-45,48-49H,4,6-11,13,15,18-23,26-27,30,32,34-37,39-42H2,1-3H3/b16-12-,17-14-,28-24+,29-25-,31-5-,38-33+/t44?,45-/m0/s1. The molecule has 0 aliphatic rings. The highest BCUT2D eigenvalue weighted by molar-refractivity contribution is 5.70. The van der Waals surface area contributed by atoms with Gasteiger partial charge in [0.2, 0.25) is 0 Å². The average molecular weight is 741 g/mol. The van der Waals surface area contributed by atoms with E-state index in [2.05, 4.69) is 57.2 Å². The van der Waals surface area contributed by atoms with E-state index < -0.39 is 12.2 Å². The van der Waals surface area contributed by atoms with E-state index >= 15 is 0 Å². The zero-order valence-electron chi connectivity index (χ0n) is 34.3. The van der Waals surface area contributed by atoms with Crippen LogP contribution in [-0.4, -0.2) is 47.6 Å². The van der Waals surface area contributed by atoms with Gasteiger partial charge in [0.05, 0.1) is 12.7 Å². The van der Waals surface area contributed by atoms with Crippen molar-refractivity contribution in [2.24, 2.45) is 5.92 Å². The largest absolute Gasteiger partial charge is 0.462 e. The Hall–Kier alpha value is -2.70. The lowest BCUT2D eigenvalue weighted by atomic mass is 10.0. The molecule has 0 saturated carbocycles. The molecular formula is C47H80O6. The minimum absolute atomic E-state index is 0.119. The molecule has 2 N–H and O–H groups in total. The highest BCUT2D eigenvalue weighted by atomic mass is 16.6. The third-order valence-electron chi connectivity index (χ3n) is 9.04. The third-order valence-corrected chi connectivity index (χ3v) is 9.04. The minimum Gasteiger partial charge on any atom is -0.462 e. The van der Waals surface area contributed by atoms with Crippen molar-refractivity contribution in [3.8, 4) is 0 Å². The van der Waals surface area contributed by atoms with Crippen LogP contribution in [-0.2, 0) is 19.1 Å². The van der Waals surface area contributed by atoms with Crippen molar-refractivity contribution in [3.05, 3.63) is 72.9 Å². The molecule has 0 aromatic carbocycles. The Balaban J connectivity index is 3.69. The molecule has 6 nitrogen and oxygen atoms in total. The van der Waals surface area contributed by atoms with Gasteiger partial charge in [0.25, 0.3) is 0 Å². The molecular weight excluding hydrogens is 661 g/mol. The number of allylic oxidation sites excluding steroid dienone is 10. The van der Waals surface area contributed by atoms with Gasteiger partial charge in [-0.3, -0.25) is 9.59 Å². The van der Waals surface area contributed by atoms with Gasteiger partial charge in [-0.1, -0.05) is 196 Å². The van der Waals surface area contributed by atoms with Gasteiger partial charge in [0.1, 0.15) is 6.61 Å². The van der Waals surface area contributed by atoms with E-state index in [1.165, 1.54) is 89.9 Å². The summed E-state index contributed by atoms with van der Waals surface area (Å²) in [5.74, 6) is 0.141. The molecule has 0 fully saturated rings. The first-order valence-corrected chi connectivity index (χ1v) is 21.5. The van der Waals surface area contributed by atoms with E-state index in [9.17, 15) is 19.8 Å².